The highest BCUT2D eigenvalue weighted by Crippen LogP contribution is 2.38. The van der Waals surface area contributed by atoms with E-state index in [1.54, 1.807) is 0 Å². The van der Waals surface area contributed by atoms with Crippen molar-refractivity contribution >= 4 is 10.9 Å². The Bertz CT molecular complexity index is 819. The van der Waals surface area contributed by atoms with E-state index in [1.807, 2.05) is 0 Å². The van der Waals surface area contributed by atoms with Crippen molar-refractivity contribution in [2.24, 2.45) is 0 Å². The van der Waals surface area contributed by atoms with Crippen molar-refractivity contribution in [3.05, 3.63) is 41.1 Å². The number of halogens is 6. The van der Waals surface area contributed by atoms with E-state index in [-0.39, 0.29) is 17.5 Å². The summed E-state index contributed by atoms with van der Waals surface area (Å²) in [6.07, 6.45) is -4.83. The van der Waals surface area contributed by atoms with Gasteiger partial charge < -0.3 is 10.4 Å². The summed E-state index contributed by atoms with van der Waals surface area (Å²) in [4.78, 5) is 3.22. The maximum Gasteiger partial charge on any atom is 0.433 e. The van der Waals surface area contributed by atoms with Gasteiger partial charge in [-0.15, -0.1) is 0 Å². The second-order valence-electron chi connectivity index (χ2n) is 7.28. The van der Waals surface area contributed by atoms with Crippen LogP contribution in [0.25, 0.3) is 10.9 Å². The van der Waals surface area contributed by atoms with E-state index in [0.717, 1.165) is 38.2 Å². The van der Waals surface area contributed by atoms with Gasteiger partial charge in [-0.3, -0.25) is 0 Å². The largest absolute Gasteiger partial charge is 0.433 e. The minimum atomic E-state index is -4.94. The molecule has 0 bridgehead atoms. The van der Waals surface area contributed by atoms with E-state index in [9.17, 15) is 31.4 Å². The number of aliphatic hydroxyl groups excluding tert-OH is 1. The second kappa shape index (κ2) is 10.4. The van der Waals surface area contributed by atoms with E-state index in [0.29, 0.717) is 18.7 Å². The van der Waals surface area contributed by atoms with Crippen LogP contribution < -0.4 is 5.32 Å². The third-order valence-electron chi connectivity index (χ3n) is 4.87. The van der Waals surface area contributed by atoms with Crippen LogP contribution in [0.1, 0.15) is 68.4 Å². The first-order valence-corrected chi connectivity index (χ1v) is 10.0. The summed E-state index contributed by atoms with van der Waals surface area (Å²) >= 11 is 0. The minimum Gasteiger partial charge on any atom is -0.387 e. The molecule has 1 aromatic carbocycles. The molecule has 1 aromatic heterocycles. The lowest BCUT2D eigenvalue weighted by molar-refractivity contribution is -0.142. The van der Waals surface area contributed by atoms with Gasteiger partial charge in [-0.2, -0.15) is 26.3 Å². The third kappa shape index (κ3) is 6.57. The first-order chi connectivity index (χ1) is 14.1. The zero-order valence-corrected chi connectivity index (χ0v) is 16.7. The molecule has 0 aliphatic carbocycles. The molecule has 0 aliphatic rings. The highest BCUT2D eigenvalue weighted by molar-refractivity contribution is 5.86. The number of benzene rings is 1. The summed E-state index contributed by atoms with van der Waals surface area (Å²) in [6.45, 7) is 2.61. The van der Waals surface area contributed by atoms with Crippen LogP contribution >= 0.6 is 0 Å². The van der Waals surface area contributed by atoms with Crippen molar-refractivity contribution in [3.8, 4) is 0 Å². The molecular formula is C21H26F6N2O. The molecule has 2 aromatic rings. The quantitative estimate of drug-likeness (QED) is 0.342. The molecule has 1 heterocycles. The van der Waals surface area contributed by atoms with Crippen molar-refractivity contribution in [1.82, 2.24) is 10.3 Å². The van der Waals surface area contributed by atoms with E-state index in [2.05, 4.69) is 17.2 Å². The molecule has 168 valence electrons. The van der Waals surface area contributed by atoms with Crippen LogP contribution in [0.3, 0.4) is 0 Å². The number of nitrogens with zero attached hydrogens (tertiary/aromatic N) is 1. The molecule has 0 aliphatic heterocycles. The summed E-state index contributed by atoms with van der Waals surface area (Å²) in [5, 5.41) is 13.3. The van der Waals surface area contributed by atoms with E-state index >= 15 is 0 Å². The number of hydrogen-bond acceptors (Lipinski definition) is 3. The van der Waals surface area contributed by atoms with Gasteiger partial charge in [0.25, 0.3) is 0 Å². The fraction of sp³-hybridized carbons (Fsp3) is 0.571. The summed E-state index contributed by atoms with van der Waals surface area (Å²) in [6, 6.07) is 3.64. The molecule has 1 atom stereocenters. The molecule has 3 nitrogen and oxygen atoms in total. The number of rotatable bonds is 10. The number of unbranched alkanes of at least 4 members (excludes halogenated alkanes) is 5. The lowest BCUT2D eigenvalue weighted by Crippen LogP contribution is -2.23. The average Bonchev–Trinajstić information content (AvgIpc) is 2.67. The Morgan fingerprint density at radius 3 is 2.27 bits per heavy atom. The van der Waals surface area contributed by atoms with Crippen molar-refractivity contribution in [3.63, 3.8) is 0 Å². The van der Waals surface area contributed by atoms with Crippen molar-refractivity contribution in [2.75, 3.05) is 13.1 Å². The van der Waals surface area contributed by atoms with Crippen molar-refractivity contribution in [1.29, 1.82) is 0 Å². The molecule has 0 fully saturated rings. The van der Waals surface area contributed by atoms with Crippen LogP contribution in [0.2, 0.25) is 0 Å². The zero-order chi connectivity index (χ0) is 22.4. The number of alkyl halides is 6. The monoisotopic (exact) mass is 436 g/mol. The van der Waals surface area contributed by atoms with Gasteiger partial charge in [-0.05, 0) is 30.7 Å². The molecule has 2 rings (SSSR count). The van der Waals surface area contributed by atoms with Gasteiger partial charge >= 0.3 is 12.4 Å². The minimum absolute atomic E-state index is 0.0678. The maximum absolute atomic E-state index is 13.3. The van der Waals surface area contributed by atoms with Gasteiger partial charge in [0.1, 0.15) is 5.69 Å². The Morgan fingerprint density at radius 2 is 1.63 bits per heavy atom. The van der Waals surface area contributed by atoms with Crippen LogP contribution in [0.15, 0.2) is 24.3 Å². The highest BCUT2D eigenvalue weighted by Gasteiger charge is 2.37. The van der Waals surface area contributed by atoms with Crippen LogP contribution in [0, 0.1) is 0 Å². The predicted molar refractivity (Wildman–Crippen MR) is 103 cm³/mol. The smallest absolute Gasteiger partial charge is 0.387 e. The number of fused-ring (bicyclic) bond motifs is 1. The van der Waals surface area contributed by atoms with Gasteiger partial charge in [0.05, 0.1) is 17.2 Å². The molecule has 0 amide bonds. The molecule has 0 saturated carbocycles. The summed E-state index contributed by atoms with van der Waals surface area (Å²) in [7, 11) is 0. The SMILES string of the molecule is CCCCCCCCNC[C@@H](O)c1cc(C(F)(F)F)nc2c(C(F)(F)F)cccc12. The lowest BCUT2D eigenvalue weighted by atomic mass is 9.99. The Labute approximate surface area is 171 Å². The number of aliphatic hydroxyl groups is 1. The predicted octanol–water partition coefficient (Wildman–Crippen LogP) is 6.26. The summed E-state index contributed by atoms with van der Waals surface area (Å²) < 4.78 is 79.5. The lowest BCUT2D eigenvalue weighted by Gasteiger charge is -2.19. The molecule has 0 unspecified atom stereocenters. The number of hydrogen-bond donors (Lipinski definition) is 2. The van der Waals surface area contributed by atoms with Crippen LogP contribution in [0.5, 0.6) is 0 Å². The van der Waals surface area contributed by atoms with Crippen LogP contribution in [-0.2, 0) is 12.4 Å². The number of aromatic nitrogens is 1. The molecule has 0 spiro atoms. The van der Waals surface area contributed by atoms with Gasteiger partial charge in [0.2, 0.25) is 0 Å². The first kappa shape index (κ1) is 24.4. The molecule has 2 N–H and O–H groups in total. The fourth-order valence-corrected chi connectivity index (χ4v) is 3.30. The van der Waals surface area contributed by atoms with Gasteiger partial charge in [-0.1, -0.05) is 51.2 Å². The number of nitrogens with one attached hydrogen (secondary N) is 1. The summed E-state index contributed by atoms with van der Waals surface area (Å²) in [5.41, 5.74) is -3.77. The maximum atomic E-state index is 13.3. The van der Waals surface area contributed by atoms with Crippen LogP contribution in [0.4, 0.5) is 26.3 Å². The first-order valence-electron chi connectivity index (χ1n) is 10.0. The van der Waals surface area contributed by atoms with E-state index < -0.39 is 35.2 Å². The Hall–Kier alpha value is -1.87. The van der Waals surface area contributed by atoms with Gasteiger partial charge in [0, 0.05) is 11.9 Å². The molecule has 9 heteroatoms. The molecule has 30 heavy (non-hydrogen) atoms. The average molecular weight is 436 g/mol. The zero-order valence-electron chi connectivity index (χ0n) is 16.7. The second-order valence-corrected chi connectivity index (χ2v) is 7.28. The van der Waals surface area contributed by atoms with E-state index in [1.165, 1.54) is 12.5 Å². The van der Waals surface area contributed by atoms with Gasteiger partial charge in [-0.25, -0.2) is 4.98 Å². The molecular weight excluding hydrogens is 410 g/mol. The Kier molecular flexibility index (Phi) is 8.49. The Morgan fingerprint density at radius 1 is 0.967 bits per heavy atom. The summed E-state index contributed by atoms with van der Waals surface area (Å²) in [5.74, 6) is 0. The molecule has 0 radical (unpaired) electrons. The standard InChI is InChI=1S/C21H26F6N2O/c1-2-3-4-5-6-7-11-28-13-17(30)15-12-18(21(25,26)27)29-19-14(15)9-8-10-16(19)20(22,23)24/h8-10,12,17,28,30H,2-7,11,13H2,1H3/t17-/m1/s1. The number of para-hydroxylation sites is 1. The number of pyridine rings is 1. The van der Waals surface area contributed by atoms with Gasteiger partial charge in [0.15, 0.2) is 0 Å². The van der Waals surface area contributed by atoms with E-state index in [4.69, 9.17) is 0 Å². The fourth-order valence-electron chi connectivity index (χ4n) is 3.30. The topological polar surface area (TPSA) is 45.1 Å². The van der Waals surface area contributed by atoms with Crippen LogP contribution in [-0.4, -0.2) is 23.2 Å². The normalized spacial score (nSPS) is 13.7. The van der Waals surface area contributed by atoms with Crippen molar-refractivity contribution in [2.45, 2.75) is 63.9 Å². The van der Waals surface area contributed by atoms with Crippen molar-refractivity contribution < 1.29 is 31.4 Å². The third-order valence-corrected chi connectivity index (χ3v) is 4.87. The Balaban J connectivity index is 2.21. The molecule has 0 saturated heterocycles. The highest BCUT2D eigenvalue weighted by atomic mass is 19.4.